The Morgan fingerprint density at radius 3 is 2.25 bits per heavy atom. The molecule has 36 heavy (non-hydrogen) atoms. The standard InChI is InChI=1S/C22H26FN3O7S3/c1-33-20-8-5-7-19-17(20)14-22(26(19)35(29,30)21-9-4-3-6-18(21)23)36(31,32)25-12-10-16(11-13-25)15-24-34(2,27)28/h3-9,14,16,24H,10-13,15H2,1-2H3. The summed E-state index contributed by atoms with van der Waals surface area (Å²) in [6.45, 7) is 0.319. The molecule has 0 bridgehead atoms. The molecule has 14 heteroatoms. The van der Waals surface area contributed by atoms with E-state index in [2.05, 4.69) is 4.72 Å². The average Bonchev–Trinajstić information content (AvgIpc) is 3.24. The number of ether oxygens (including phenoxy) is 1. The first-order valence-electron chi connectivity index (χ1n) is 11.0. The molecule has 1 fully saturated rings. The third-order valence-corrected chi connectivity index (χ3v) is 10.6. The summed E-state index contributed by atoms with van der Waals surface area (Å²) in [6, 6.07) is 10.5. The van der Waals surface area contributed by atoms with Crippen molar-refractivity contribution in [2.24, 2.45) is 5.92 Å². The van der Waals surface area contributed by atoms with Crippen LogP contribution in [0, 0.1) is 11.7 Å². The molecule has 1 N–H and O–H groups in total. The maximum atomic E-state index is 14.6. The average molecular weight is 560 g/mol. The Labute approximate surface area is 209 Å². The van der Waals surface area contributed by atoms with E-state index >= 15 is 0 Å². The molecule has 2 heterocycles. The second kappa shape index (κ2) is 9.74. The van der Waals surface area contributed by atoms with E-state index in [0.717, 1.165) is 22.7 Å². The predicted octanol–water partition coefficient (Wildman–Crippen LogP) is 1.98. The van der Waals surface area contributed by atoms with Gasteiger partial charge in [-0.1, -0.05) is 18.2 Å². The summed E-state index contributed by atoms with van der Waals surface area (Å²) in [7, 11) is -11.0. The lowest BCUT2D eigenvalue weighted by molar-refractivity contribution is 0.273. The highest BCUT2D eigenvalue weighted by Gasteiger charge is 2.37. The van der Waals surface area contributed by atoms with E-state index in [4.69, 9.17) is 4.74 Å². The summed E-state index contributed by atoms with van der Waals surface area (Å²) in [5, 5.41) is -0.288. The number of fused-ring (bicyclic) bond motifs is 1. The third kappa shape index (κ3) is 5.00. The number of benzene rings is 2. The number of hydrogen-bond donors (Lipinski definition) is 1. The third-order valence-electron chi connectivity index (χ3n) is 6.12. The summed E-state index contributed by atoms with van der Waals surface area (Å²) in [6.07, 6.45) is 1.81. The summed E-state index contributed by atoms with van der Waals surface area (Å²) >= 11 is 0. The number of aromatic nitrogens is 1. The molecule has 1 saturated heterocycles. The van der Waals surface area contributed by atoms with Crippen molar-refractivity contribution >= 4 is 41.0 Å². The van der Waals surface area contributed by atoms with E-state index in [0.29, 0.717) is 16.8 Å². The summed E-state index contributed by atoms with van der Waals surface area (Å²) < 4.78 is 102. The Morgan fingerprint density at radius 1 is 0.972 bits per heavy atom. The minimum atomic E-state index is -4.66. The minimum Gasteiger partial charge on any atom is -0.496 e. The van der Waals surface area contributed by atoms with Crippen molar-refractivity contribution in [1.82, 2.24) is 13.0 Å². The Hall–Kier alpha value is -2.52. The molecule has 0 saturated carbocycles. The quantitative estimate of drug-likeness (QED) is 0.446. The summed E-state index contributed by atoms with van der Waals surface area (Å²) in [4.78, 5) is -0.660. The maximum absolute atomic E-state index is 14.6. The minimum absolute atomic E-state index is 0.0309. The van der Waals surface area contributed by atoms with Gasteiger partial charge in [-0.15, -0.1) is 0 Å². The Bertz CT molecular complexity index is 1610. The first-order chi connectivity index (χ1) is 16.9. The fourth-order valence-electron chi connectivity index (χ4n) is 4.27. The van der Waals surface area contributed by atoms with Crippen molar-refractivity contribution in [2.45, 2.75) is 22.8 Å². The van der Waals surface area contributed by atoms with Gasteiger partial charge in [0.05, 0.1) is 18.9 Å². The number of nitrogens with zero attached hydrogens (tertiary/aromatic N) is 2. The van der Waals surface area contributed by atoms with Gasteiger partial charge in [-0.2, -0.15) is 4.31 Å². The number of methoxy groups -OCH3 is 1. The van der Waals surface area contributed by atoms with Gasteiger partial charge in [0.1, 0.15) is 16.5 Å². The Morgan fingerprint density at radius 2 is 1.64 bits per heavy atom. The molecular weight excluding hydrogens is 533 g/mol. The molecule has 1 aliphatic rings. The Kier molecular flexibility index (Phi) is 7.18. The van der Waals surface area contributed by atoms with Gasteiger partial charge in [-0.3, -0.25) is 0 Å². The molecular formula is C22H26FN3O7S3. The zero-order valence-electron chi connectivity index (χ0n) is 19.6. The SMILES string of the molecule is COc1cccc2c1cc(S(=O)(=O)N1CCC(CNS(C)(=O)=O)CC1)n2S(=O)(=O)c1ccccc1F. The first-order valence-corrected chi connectivity index (χ1v) is 15.8. The Balaban J connectivity index is 1.80. The van der Waals surface area contributed by atoms with Crippen LogP contribution in [0.25, 0.3) is 10.9 Å². The monoisotopic (exact) mass is 559 g/mol. The molecule has 3 aromatic rings. The molecule has 0 radical (unpaired) electrons. The lowest BCUT2D eigenvalue weighted by Crippen LogP contribution is -2.42. The summed E-state index contributed by atoms with van der Waals surface area (Å²) in [5.41, 5.74) is 0.0309. The van der Waals surface area contributed by atoms with E-state index < -0.39 is 45.8 Å². The van der Waals surface area contributed by atoms with Crippen LogP contribution in [0.15, 0.2) is 58.5 Å². The van der Waals surface area contributed by atoms with E-state index in [1.54, 1.807) is 6.07 Å². The molecule has 0 aliphatic carbocycles. The number of piperidine rings is 1. The highest BCUT2D eigenvalue weighted by molar-refractivity contribution is 7.92. The van der Waals surface area contributed by atoms with Crippen LogP contribution in [0.4, 0.5) is 4.39 Å². The molecule has 0 unspecified atom stereocenters. The van der Waals surface area contributed by atoms with Crippen molar-refractivity contribution in [3.63, 3.8) is 0 Å². The van der Waals surface area contributed by atoms with Crippen LogP contribution in [-0.4, -0.2) is 66.5 Å². The van der Waals surface area contributed by atoms with Crippen molar-refractivity contribution in [3.8, 4) is 5.75 Å². The van der Waals surface area contributed by atoms with E-state index in [9.17, 15) is 29.6 Å². The van der Waals surface area contributed by atoms with Crippen LogP contribution < -0.4 is 9.46 Å². The van der Waals surface area contributed by atoms with E-state index in [1.165, 1.54) is 37.4 Å². The van der Waals surface area contributed by atoms with Crippen LogP contribution in [0.3, 0.4) is 0 Å². The van der Waals surface area contributed by atoms with Gasteiger partial charge in [0.15, 0.2) is 5.03 Å². The molecule has 0 amide bonds. The van der Waals surface area contributed by atoms with Crippen LogP contribution in [0.1, 0.15) is 12.8 Å². The molecule has 1 aliphatic heterocycles. The number of nitrogens with one attached hydrogen (secondary N) is 1. The van der Waals surface area contributed by atoms with Gasteiger partial charge in [-0.05, 0) is 49.1 Å². The van der Waals surface area contributed by atoms with Crippen LogP contribution in [0.5, 0.6) is 5.75 Å². The van der Waals surface area contributed by atoms with Crippen LogP contribution in [0.2, 0.25) is 0 Å². The molecule has 1 aromatic heterocycles. The fraction of sp³-hybridized carbons (Fsp3) is 0.364. The second-order valence-corrected chi connectivity index (χ2v) is 14.0. The highest BCUT2D eigenvalue weighted by Crippen LogP contribution is 2.36. The molecule has 4 rings (SSSR count). The van der Waals surface area contributed by atoms with Crippen LogP contribution >= 0.6 is 0 Å². The fourth-order valence-corrected chi connectivity index (χ4v) is 8.38. The van der Waals surface area contributed by atoms with Gasteiger partial charge >= 0.3 is 0 Å². The lowest BCUT2D eigenvalue weighted by atomic mass is 9.99. The van der Waals surface area contributed by atoms with E-state index in [-0.39, 0.29) is 42.2 Å². The zero-order chi connectivity index (χ0) is 26.3. The van der Waals surface area contributed by atoms with Gasteiger partial charge in [0.25, 0.3) is 20.0 Å². The molecule has 2 aromatic carbocycles. The molecule has 0 spiro atoms. The maximum Gasteiger partial charge on any atom is 0.272 e. The van der Waals surface area contributed by atoms with Crippen molar-refractivity contribution in [2.75, 3.05) is 33.0 Å². The highest BCUT2D eigenvalue weighted by atomic mass is 32.2. The van der Waals surface area contributed by atoms with Crippen LogP contribution in [-0.2, 0) is 30.1 Å². The first kappa shape index (κ1) is 26.5. The number of hydrogen-bond acceptors (Lipinski definition) is 7. The largest absolute Gasteiger partial charge is 0.496 e. The summed E-state index contributed by atoms with van der Waals surface area (Å²) in [5.74, 6) is -0.818. The topological polar surface area (TPSA) is 132 Å². The van der Waals surface area contributed by atoms with Gasteiger partial charge in [-0.25, -0.2) is 38.3 Å². The van der Waals surface area contributed by atoms with Crippen molar-refractivity contribution in [1.29, 1.82) is 0 Å². The number of rotatable bonds is 8. The number of halogens is 1. The lowest BCUT2D eigenvalue weighted by Gasteiger charge is -2.31. The smallest absolute Gasteiger partial charge is 0.272 e. The number of sulfonamides is 2. The van der Waals surface area contributed by atoms with Gasteiger partial charge < -0.3 is 4.74 Å². The molecule has 196 valence electrons. The van der Waals surface area contributed by atoms with Crippen molar-refractivity contribution in [3.05, 3.63) is 54.3 Å². The zero-order valence-corrected chi connectivity index (χ0v) is 22.0. The molecule has 0 atom stereocenters. The van der Waals surface area contributed by atoms with Gasteiger partial charge in [0, 0.05) is 25.0 Å². The predicted molar refractivity (Wildman–Crippen MR) is 132 cm³/mol. The second-order valence-electron chi connectivity index (χ2n) is 8.54. The molecule has 10 nitrogen and oxygen atoms in total. The van der Waals surface area contributed by atoms with E-state index in [1.807, 2.05) is 0 Å². The van der Waals surface area contributed by atoms with Gasteiger partial charge in [0.2, 0.25) is 10.0 Å². The van der Waals surface area contributed by atoms with Crippen molar-refractivity contribution < 1.29 is 34.4 Å². The normalized spacial score (nSPS) is 16.4.